The van der Waals surface area contributed by atoms with Crippen molar-refractivity contribution in [3.63, 3.8) is 0 Å². The molecule has 0 rings (SSSR count). The maximum absolute atomic E-state index is 11.4. The molecule has 0 aliphatic rings. The first-order valence-corrected chi connectivity index (χ1v) is 8.59. The normalized spacial score (nSPS) is 10.5. The molecule has 0 radical (unpaired) electrons. The van der Waals surface area contributed by atoms with E-state index in [0.717, 1.165) is 32.1 Å². The van der Waals surface area contributed by atoms with E-state index in [2.05, 4.69) is 13.8 Å². The molecule has 0 aliphatic heterocycles. The number of hydrogen-bond acceptors (Lipinski definition) is 5. The molecule has 130 valence electrons. The molecule has 0 aromatic rings. The number of ether oxygens (including phenoxy) is 3. The smallest absolute Gasteiger partial charge is 0.332 e. The Morgan fingerprint density at radius 1 is 0.636 bits per heavy atom. The van der Waals surface area contributed by atoms with Gasteiger partial charge in [0.1, 0.15) is 13.2 Å². The van der Waals surface area contributed by atoms with Gasteiger partial charge in [0.2, 0.25) is 0 Å². The minimum absolute atomic E-state index is 0.195. The zero-order valence-electron chi connectivity index (χ0n) is 14.2. The van der Waals surface area contributed by atoms with Crippen LogP contribution < -0.4 is 0 Å². The van der Waals surface area contributed by atoms with Crippen LogP contribution in [0.15, 0.2) is 0 Å². The van der Waals surface area contributed by atoms with Gasteiger partial charge in [-0.2, -0.15) is 0 Å². The lowest BCUT2D eigenvalue weighted by molar-refractivity contribution is -0.155. The highest BCUT2D eigenvalue weighted by atomic mass is 16.6. The molecule has 5 heteroatoms. The summed E-state index contributed by atoms with van der Waals surface area (Å²) in [5.74, 6) is -0.854. The van der Waals surface area contributed by atoms with E-state index in [9.17, 15) is 9.59 Å². The Morgan fingerprint density at radius 3 is 1.59 bits per heavy atom. The fourth-order valence-electron chi connectivity index (χ4n) is 1.91. The first kappa shape index (κ1) is 20.9. The number of unbranched alkanes of at least 4 members (excludes halogenated alkanes) is 7. The van der Waals surface area contributed by atoms with Gasteiger partial charge >= 0.3 is 11.9 Å². The molecule has 0 bridgehead atoms. The molecule has 0 amide bonds. The standard InChI is InChI=1S/C17H32O5/c1-3-5-7-8-9-11-13-22-17(19)15-20-14-16(18)21-12-10-6-4-2/h3-15H2,1-2H3. The fraction of sp³-hybridized carbons (Fsp3) is 0.882. The van der Waals surface area contributed by atoms with Crippen LogP contribution in [0.1, 0.15) is 71.6 Å². The predicted molar refractivity (Wildman–Crippen MR) is 85.6 cm³/mol. The van der Waals surface area contributed by atoms with Crippen LogP contribution in [0.2, 0.25) is 0 Å². The SMILES string of the molecule is CCCCCCCCOC(=O)COCC(=O)OCCCCC. The molecular formula is C17H32O5. The average molecular weight is 316 g/mol. The van der Waals surface area contributed by atoms with Gasteiger partial charge in [-0.05, 0) is 12.8 Å². The third kappa shape index (κ3) is 15.3. The van der Waals surface area contributed by atoms with E-state index < -0.39 is 11.9 Å². The molecule has 0 saturated carbocycles. The third-order valence-electron chi connectivity index (χ3n) is 3.21. The summed E-state index contributed by atoms with van der Waals surface area (Å²) in [5, 5.41) is 0. The van der Waals surface area contributed by atoms with Gasteiger partial charge in [0.25, 0.3) is 0 Å². The minimum Gasteiger partial charge on any atom is -0.464 e. The van der Waals surface area contributed by atoms with Crippen LogP contribution in [0, 0.1) is 0 Å². The first-order valence-electron chi connectivity index (χ1n) is 8.59. The van der Waals surface area contributed by atoms with Crippen molar-refractivity contribution in [2.24, 2.45) is 0 Å². The zero-order valence-corrected chi connectivity index (χ0v) is 14.2. The summed E-state index contributed by atoms with van der Waals surface area (Å²) >= 11 is 0. The number of esters is 2. The van der Waals surface area contributed by atoms with Crippen molar-refractivity contribution in [2.75, 3.05) is 26.4 Å². The number of carbonyl (C=O) groups is 2. The summed E-state index contributed by atoms with van der Waals surface area (Å²) in [6, 6.07) is 0. The second kappa shape index (κ2) is 16.3. The van der Waals surface area contributed by atoms with Crippen LogP contribution in [0.25, 0.3) is 0 Å². The van der Waals surface area contributed by atoms with Crippen molar-refractivity contribution in [1.29, 1.82) is 0 Å². The van der Waals surface area contributed by atoms with Crippen molar-refractivity contribution < 1.29 is 23.8 Å². The third-order valence-corrected chi connectivity index (χ3v) is 3.21. The van der Waals surface area contributed by atoms with Crippen LogP contribution in [0.5, 0.6) is 0 Å². The van der Waals surface area contributed by atoms with Gasteiger partial charge in [-0.25, -0.2) is 9.59 Å². The van der Waals surface area contributed by atoms with E-state index in [-0.39, 0.29) is 13.2 Å². The molecule has 0 spiro atoms. The molecule has 0 aromatic heterocycles. The van der Waals surface area contributed by atoms with Crippen LogP contribution in [0.4, 0.5) is 0 Å². The average Bonchev–Trinajstić information content (AvgIpc) is 2.51. The molecule has 22 heavy (non-hydrogen) atoms. The molecule has 0 N–H and O–H groups in total. The van der Waals surface area contributed by atoms with Crippen LogP contribution in [0.3, 0.4) is 0 Å². The van der Waals surface area contributed by atoms with E-state index in [1.165, 1.54) is 25.7 Å². The van der Waals surface area contributed by atoms with Crippen LogP contribution >= 0.6 is 0 Å². The van der Waals surface area contributed by atoms with Crippen molar-refractivity contribution in [1.82, 2.24) is 0 Å². The van der Waals surface area contributed by atoms with Gasteiger partial charge in [-0.15, -0.1) is 0 Å². The fourth-order valence-corrected chi connectivity index (χ4v) is 1.91. The molecule has 0 heterocycles. The molecule has 0 atom stereocenters. The topological polar surface area (TPSA) is 61.8 Å². The highest BCUT2D eigenvalue weighted by molar-refractivity contribution is 5.73. The molecule has 0 aliphatic carbocycles. The molecular weight excluding hydrogens is 284 g/mol. The van der Waals surface area contributed by atoms with Crippen LogP contribution in [-0.2, 0) is 23.8 Å². The maximum atomic E-state index is 11.4. The van der Waals surface area contributed by atoms with Gasteiger partial charge in [0.05, 0.1) is 13.2 Å². The summed E-state index contributed by atoms with van der Waals surface area (Å²) in [4.78, 5) is 22.6. The van der Waals surface area contributed by atoms with Crippen LogP contribution in [-0.4, -0.2) is 38.4 Å². The van der Waals surface area contributed by atoms with Gasteiger partial charge in [-0.1, -0.05) is 58.8 Å². The maximum Gasteiger partial charge on any atom is 0.332 e. The van der Waals surface area contributed by atoms with Gasteiger partial charge in [0, 0.05) is 0 Å². The zero-order chi connectivity index (χ0) is 16.5. The summed E-state index contributed by atoms with van der Waals surface area (Å²) in [7, 11) is 0. The van der Waals surface area contributed by atoms with Crippen molar-refractivity contribution in [3.8, 4) is 0 Å². The van der Waals surface area contributed by atoms with E-state index in [1.807, 2.05) is 0 Å². The monoisotopic (exact) mass is 316 g/mol. The molecule has 0 fully saturated rings. The highest BCUT2D eigenvalue weighted by Crippen LogP contribution is 2.04. The number of rotatable bonds is 15. The van der Waals surface area contributed by atoms with E-state index >= 15 is 0 Å². The largest absolute Gasteiger partial charge is 0.464 e. The lowest BCUT2D eigenvalue weighted by Gasteiger charge is -2.06. The van der Waals surface area contributed by atoms with E-state index in [1.54, 1.807) is 0 Å². The minimum atomic E-state index is -0.431. The summed E-state index contributed by atoms with van der Waals surface area (Å²) in [6.45, 7) is 4.72. The molecule has 0 saturated heterocycles. The Labute approximate surface area is 134 Å². The van der Waals surface area contributed by atoms with Gasteiger partial charge < -0.3 is 14.2 Å². The van der Waals surface area contributed by atoms with Crippen molar-refractivity contribution in [2.45, 2.75) is 71.6 Å². The second-order valence-corrected chi connectivity index (χ2v) is 5.41. The van der Waals surface area contributed by atoms with Gasteiger partial charge in [-0.3, -0.25) is 0 Å². The highest BCUT2D eigenvalue weighted by Gasteiger charge is 2.07. The molecule has 0 unspecified atom stereocenters. The van der Waals surface area contributed by atoms with E-state index in [4.69, 9.17) is 14.2 Å². The second-order valence-electron chi connectivity index (χ2n) is 5.41. The predicted octanol–water partition coefficient (Wildman–Crippen LogP) is 3.64. The lowest BCUT2D eigenvalue weighted by atomic mass is 10.1. The Bertz CT molecular complexity index is 278. The summed E-state index contributed by atoms with van der Waals surface area (Å²) < 4.78 is 15.0. The Kier molecular flexibility index (Phi) is 15.5. The first-order chi connectivity index (χ1) is 10.7. The number of hydrogen-bond donors (Lipinski definition) is 0. The number of carbonyl (C=O) groups excluding carboxylic acids is 2. The summed E-state index contributed by atoms with van der Waals surface area (Å²) in [5.41, 5.74) is 0. The van der Waals surface area contributed by atoms with E-state index in [0.29, 0.717) is 13.2 Å². The van der Waals surface area contributed by atoms with Gasteiger partial charge in [0.15, 0.2) is 0 Å². The Balaban J connectivity index is 3.33. The Hall–Kier alpha value is -1.10. The Morgan fingerprint density at radius 2 is 1.05 bits per heavy atom. The molecule has 0 aromatic carbocycles. The quantitative estimate of drug-likeness (QED) is 0.341. The summed E-state index contributed by atoms with van der Waals surface area (Å²) in [6.07, 6.45) is 9.88. The van der Waals surface area contributed by atoms with Crippen molar-refractivity contribution in [3.05, 3.63) is 0 Å². The van der Waals surface area contributed by atoms with Crippen molar-refractivity contribution >= 4 is 11.9 Å². The lowest BCUT2D eigenvalue weighted by Crippen LogP contribution is -2.19. The molecule has 5 nitrogen and oxygen atoms in total.